The first-order valence-corrected chi connectivity index (χ1v) is 6.41. The molecule has 0 saturated heterocycles. The van der Waals surface area contributed by atoms with Crippen LogP contribution in [-0.2, 0) is 12.8 Å². The number of fused-ring (bicyclic) bond motifs is 1. The topological polar surface area (TPSA) is 65.1 Å². The van der Waals surface area contributed by atoms with E-state index in [1.807, 2.05) is 0 Å². The number of carbonyl (C=O) groups is 1. The van der Waals surface area contributed by atoms with Gasteiger partial charge in [0.15, 0.2) is 0 Å². The molecule has 0 spiro atoms. The Hall–Kier alpha value is -2.43. The lowest BCUT2D eigenvalue weighted by atomic mass is 10.1. The second kappa shape index (κ2) is 4.59. The van der Waals surface area contributed by atoms with E-state index in [4.69, 9.17) is 5.73 Å². The zero-order valence-corrected chi connectivity index (χ0v) is 10.7. The van der Waals surface area contributed by atoms with Crippen LogP contribution in [-0.4, -0.2) is 10.5 Å². The van der Waals surface area contributed by atoms with E-state index in [0.29, 0.717) is 12.1 Å². The fraction of sp³-hybridized carbons (Fsp3) is 0.200. The van der Waals surface area contributed by atoms with Crippen LogP contribution in [0.25, 0.3) is 5.69 Å². The first-order valence-electron chi connectivity index (χ1n) is 6.41. The Morgan fingerprint density at radius 3 is 2.55 bits per heavy atom. The molecule has 0 saturated carbocycles. The lowest BCUT2D eigenvalue weighted by Gasteiger charge is -2.11. The van der Waals surface area contributed by atoms with Crippen LogP contribution in [0.5, 0.6) is 0 Å². The monoisotopic (exact) mass is 272 g/mol. The minimum Gasteiger partial charge on any atom is -0.365 e. The summed E-state index contributed by atoms with van der Waals surface area (Å²) in [7, 11) is 0. The molecular weight excluding hydrogens is 259 g/mol. The van der Waals surface area contributed by atoms with Crippen molar-refractivity contribution in [2.75, 3.05) is 0 Å². The highest BCUT2D eigenvalue weighted by molar-refractivity contribution is 5.94. The van der Waals surface area contributed by atoms with Crippen molar-refractivity contribution in [3.8, 4) is 5.69 Å². The molecule has 0 radical (unpaired) electrons. The van der Waals surface area contributed by atoms with Crippen molar-refractivity contribution in [3.05, 3.63) is 63.3 Å². The fourth-order valence-corrected chi connectivity index (χ4v) is 2.71. The second-order valence-corrected chi connectivity index (χ2v) is 4.88. The van der Waals surface area contributed by atoms with E-state index in [-0.39, 0.29) is 11.4 Å². The van der Waals surface area contributed by atoms with Gasteiger partial charge in [0.2, 0.25) is 0 Å². The number of hydrogen-bond donors (Lipinski definition) is 1. The Labute approximate surface area is 114 Å². The van der Waals surface area contributed by atoms with Crippen molar-refractivity contribution in [1.29, 1.82) is 0 Å². The van der Waals surface area contributed by atoms with E-state index in [2.05, 4.69) is 0 Å². The van der Waals surface area contributed by atoms with E-state index in [1.54, 1.807) is 6.20 Å². The molecule has 1 aliphatic carbocycles. The maximum Gasteiger partial charge on any atom is 0.268 e. The molecule has 0 unspecified atom stereocenters. The van der Waals surface area contributed by atoms with Gasteiger partial charge in [-0.2, -0.15) is 0 Å². The largest absolute Gasteiger partial charge is 0.365 e. The standard InChI is InChI=1S/C15H13FN2O2/c16-10-4-6-11(7-5-10)18-8-9-2-1-3-12(9)13(14(17)19)15(18)20/h4-8H,1-3H2,(H2,17,19). The van der Waals surface area contributed by atoms with Crippen molar-refractivity contribution in [1.82, 2.24) is 4.57 Å². The van der Waals surface area contributed by atoms with E-state index in [0.717, 1.165) is 24.0 Å². The average molecular weight is 272 g/mol. The number of nitrogens with zero attached hydrogens (tertiary/aromatic N) is 1. The van der Waals surface area contributed by atoms with Crippen molar-refractivity contribution >= 4 is 5.91 Å². The molecule has 0 aliphatic heterocycles. The number of hydrogen-bond acceptors (Lipinski definition) is 2. The highest BCUT2D eigenvalue weighted by atomic mass is 19.1. The van der Waals surface area contributed by atoms with Crippen LogP contribution >= 0.6 is 0 Å². The number of aryl methyl sites for hydroxylation is 1. The Morgan fingerprint density at radius 1 is 1.20 bits per heavy atom. The molecule has 0 atom stereocenters. The highest BCUT2D eigenvalue weighted by Crippen LogP contribution is 2.24. The first-order chi connectivity index (χ1) is 9.58. The molecule has 1 aliphatic rings. The van der Waals surface area contributed by atoms with Crippen LogP contribution in [0.1, 0.15) is 27.9 Å². The number of pyridine rings is 1. The maximum atomic E-state index is 13.0. The smallest absolute Gasteiger partial charge is 0.268 e. The summed E-state index contributed by atoms with van der Waals surface area (Å²) in [5, 5.41) is 0. The first kappa shape index (κ1) is 12.6. The third-order valence-corrected chi connectivity index (χ3v) is 3.63. The Balaban J connectivity index is 2.27. The second-order valence-electron chi connectivity index (χ2n) is 4.88. The third-order valence-electron chi connectivity index (χ3n) is 3.63. The van der Waals surface area contributed by atoms with Gasteiger partial charge in [-0.05, 0) is 54.7 Å². The van der Waals surface area contributed by atoms with Gasteiger partial charge >= 0.3 is 0 Å². The van der Waals surface area contributed by atoms with Crippen molar-refractivity contribution in [3.63, 3.8) is 0 Å². The Bertz CT molecular complexity index is 748. The molecule has 1 aromatic carbocycles. The van der Waals surface area contributed by atoms with E-state index in [1.165, 1.54) is 28.8 Å². The third kappa shape index (κ3) is 1.91. The van der Waals surface area contributed by atoms with Crippen LogP contribution in [0.3, 0.4) is 0 Å². The van der Waals surface area contributed by atoms with Gasteiger partial charge in [-0.3, -0.25) is 14.2 Å². The number of primary amides is 1. The zero-order chi connectivity index (χ0) is 14.3. The van der Waals surface area contributed by atoms with Crippen LogP contribution in [0.15, 0.2) is 35.3 Å². The van der Waals surface area contributed by atoms with Gasteiger partial charge in [-0.25, -0.2) is 4.39 Å². The SMILES string of the molecule is NC(=O)c1c2c(cn(-c3ccc(F)cc3)c1=O)CCC2. The highest BCUT2D eigenvalue weighted by Gasteiger charge is 2.23. The summed E-state index contributed by atoms with van der Waals surface area (Å²) in [5.74, 6) is -1.08. The summed E-state index contributed by atoms with van der Waals surface area (Å²) >= 11 is 0. The van der Waals surface area contributed by atoms with E-state index < -0.39 is 11.5 Å². The molecule has 3 rings (SSSR count). The quantitative estimate of drug-likeness (QED) is 0.901. The zero-order valence-electron chi connectivity index (χ0n) is 10.7. The van der Waals surface area contributed by atoms with Crippen molar-refractivity contribution in [2.24, 2.45) is 5.73 Å². The molecule has 0 fully saturated rings. The molecule has 2 aromatic rings. The predicted octanol–water partition coefficient (Wildman–Crippen LogP) is 1.56. The minimum absolute atomic E-state index is 0.0596. The van der Waals surface area contributed by atoms with Gasteiger partial charge < -0.3 is 5.73 Å². The molecule has 102 valence electrons. The summed E-state index contributed by atoms with van der Waals surface area (Å²) in [6.07, 6.45) is 4.15. The fourth-order valence-electron chi connectivity index (χ4n) is 2.71. The molecule has 1 amide bonds. The maximum absolute atomic E-state index is 13.0. The molecule has 1 aromatic heterocycles. The van der Waals surface area contributed by atoms with Crippen LogP contribution in [0.4, 0.5) is 4.39 Å². The summed E-state index contributed by atoms with van der Waals surface area (Å²) < 4.78 is 14.3. The lowest BCUT2D eigenvalue weighted by Crippen LogP contribution is -2.30. The summed E-state index contributed by atoms with van der Waals surface area (Å²) in [6.45, 7) is 0. The molecular formula is C15H13FN2O2. The predicted molar refractivity (Wildman–Crippen MR) is 72.5 cm³/mol. The Morgan fingerprint density at radius 2 is 1.90 bits per heavy atom. The summed E-state index contributed by atoms with van der Waals surface area (Å²) in [5.41, 5.74) is 7.21. The molecule has 0 bridgehead atoms. The van der Waals surface area contributed by atoms with E-state index >= 15 is 0 Å². The normalized spacial score (nSPS) is 13.2. The summed E-state index contributed by atoms with van der Waals surface area (Å²) in [6, 6.07) is 5.56. The molecule has 20 heavy (non-hydrogen) atoms. The van der Waals surface area contributed by atoms with Crippen molar-refractivity contribution < 1.29 is 9.18 Å². The molecule has 2 N–H and O–H groups in total. The van der Waals surface area contributed by atoms with E-state index in [9.17, 15) is 14.0 Å². The number of nitrogens with two attached hydrogens (primary N) is 1. The summed E-state index contributed by atoms with van der Waals surface area (Å²) in [4.78, 5) is 24.0. The molecule has 5 heteroatoms. The number of rotatable bonds is 2. The number of amides is 1. The number of benzene rings is 1. The Kier molecular flexibility index (Phi) is 2.89. The van der Waals surface area contributed by atoms with Crippen molar-refractivity contribution in [2.45, 2.75) is 19.3 Å². The van der Waals surface area contributed by atoms with Crippen LogP contribution in [0, 0.1) is 5.82 Å². The molecule has 1 heterocycles. The van der Waals surface area contributed by atoms with Gasteiger partial charge in [0, 0.05) is 11.9 Å². The number of carbonyl (C=O) groups excluding carboxylic acids is 1. The molecule has 4 nitrogen and oxygen atoms in total. The minimum atomic E-state index is -0.704. The van der Waals surface area contributed by atoms with Gasteiger partial charge in [0.25, 0.3) is 11.5 Å². The van der Waals surface area contributed by atoms with Gasteiger partial charge in [0.1, 0.15) is 11.4 Å². The number of halogens is 1. The van der Waals surface area contributed by atoms with Gasteiger partial charge in [0.05, 0.1) is 0 Å². The van der Waals surface area contributed by atoms with Gasteiger partial charge in [-0.1, -0.05) is 0 Å². The van der Waals surface area contributed by atoms with Crippen LogP contribution in [0.2, 0.25) is 0 Å². The van der Waals surface area contributed by atoms with Crippen LogP contribution < -0.4 is 11.3 Å². The average Bonchev–Trinajstić information content (AvgIpc) is 2.86. The van der Waals surface area contributed by atoms with Gasteiger partial charge in [-0.15, -0.1) is 0 Å². The lowest BCUT2D eigenvalue weighted by molar-refractivity contribution is 0.0997. The number of aromatic nitrogens is 1.